The summed E-state index contributed by atoms with van der Waals surface area (Å²) in [5.41, 5.74) is 3.41. The summed E-state index contributed by atoms with van der Waals surface area (Å²) in [5.74, 6) is 0.354. The topological polar surface area (TPSA) is 88.3 Å². The van der Waals surface area contributed by atoms with Gasteiger partial charge in [-0.3, -0.25) is 9.59 Å². The average Bonchev–Trinajstić information content (AvgIpc) is 3.47. The molecule has 0 unspecified atom stereocenters. The number of nitrogens with zero attached hydrogens (tertiary/aromatic N) is 3. The highest BCUT2D eigenvalue weighted by Crippen LogP contribution is 2.34. The molecule has 4 heterocycles. The Morgan fingerprint density at radius 3 is 2.52 bits per heavy atom. The van der Waals surface area contributed by atoms with Gasteiger partial charge in [0, 0.05) is 40.4 Å². The number of hydrogen-bond donors (Lipinski definition) is 1. The lowest BCUT2D eigenvalue weighted by molar-refractivity contribution is -0.123. The quantitative estimate of drug-likeness (QED) is 0.665. The largest absolute Gasteiger partial charge is 0.353 e. The first kappa shape index (κ1) is 20.2. The van der Waals surface area contributed by atoms with E-state index in [0.29, 0.717) is 35.4 Å². The monoisotopic (exact) mass is 438 g/mol. The Morgan fingerprint density at radius 2 is 1.87 bits per heavy atom. The molecule has 0 spiro atoms. The number of carbonyl (C=O) groups is 2. The first-order chi connectivity index (χ1) is 14.9. The van der Waals surface area contributed by atoms with E-state index in [1.54, 1.807) is 11.3 Å². The molecule has 1 aliphatic heterocycles. The zero-order valence-electron chi connectivity index (χ0n) is 18.0. The van der Waals surface area contributed by atoms with E-state index in [-0.39, 0.29) is 23.8 Å². The number of likely N-dealkylation sites (tertiary alicyclic amines) is 1. The zero-order chi connectivity index (χ0) is 21.7. The number of pyridine rings is 1. The molecular formula is C23H26N4O3S. The van der Waals surface area contributed by atoms with Crippen molar-refractivity contribution >= 4 is 34.3 Å². The van der Waals surface area contributed by atoms with Crippen molar-refractivity contribution in [3.05, 3.63) is 33.1 Å². The molecule has 2 fully saturated rings. The number of nitrogens with one attached hydrogen (secondary N) is 1. The van der Waals surface area contributed by atoms with Crippen LogP contribution in [0.4, 0.5) is 0 Å². The van der Waals surface area contributed by atoms with Crippen molar-refractivity contribution in [1.29, 1.82) is 0 Å². The number of amides is 2. The third kappa shape index (κ3) is 3.84. The van der Waals surface area contributed by atoms with E-state index in [2.05, 4.69) is 35.4 Å². The van der Waals surface area contributed by atoms with Gasteiger partial charge in [-0.15, -0.1) is 11.3 Å². The van der Waals surface area contributed by atoms with Crippen molar-refractivity contribution < 1.29 is 14.1 Å². The average molecular weight is 439 g/mol. The zero-order valence-corrected chi connectivity index (χ0v) is 18.8. The maximum atomic E-state index is 13.5. The van der Waals surface area contributed by atoms with Crippen molar-refractivity contribution in [2.24, 2.45) is 5.92 Å². The molecule has 3 aromatic rings. The van der Waals surface area contributed by atoms with E-state index in [4.69, 9.17) is 4.52 Å². The summed E-state index contributed by atoms with van der Waals surface area (Å²) in [6.07, 6.45) is 3.56. The third-order valence-corrected chi connectivity index (χ3v) is 7.21. The van der Waals surface area contributed by atoms with Crippen LogP contribution < -0.4 is 5.32 Å². The molecule has 7 nitrogen and oxygen atoms in total. The molecule has 8 heteroatoms. The van der Waals surface area contributed by atoms with Crippen molar-refractivity contribution in [2.75, 3.05) is 13.1 Å². The minimum Gasteiger partial charge on any atom is -0.353 e. The predicted molar refractivity (Wildman–Crippen MR) is 119 cm³/mol. The summed E-state index contributed by atoms with van der Waals surface area (Å²) < 4.78 is 5.45. The standard InChI is InChI=1S/C23H26N4O3S/c1-12-10-17(14(3)31-12)19-11-18(20-13(2)26-30-22(20)25-19)23(29)27-8-6-16(7-9-27)24-21(28)15-4-5-15/h10-11,15-16H,4-9H2,1-3H3,(H,24,28). The van der Waals surface area contributed by atoms with Gasteiger partial charge in [0.25, 0.3) is 11.6 Å². The van der Waals surface area contributed by atoms with Crippen LogP contribution in [0.5, 0.6) is 0 Å². The number of hydrogen-bond acceptors (Lipinski definition) is 6. The minimum absolute atomic E-state index is 0.0310. The van der Waals surface area contributed by atoms with Gasteiger partial charge in [0.15, 0.2) is 0 Å². The van der Waals surface area contributed by atoms with Crippen molar-refractivity contribution in [2.45, 2.75) is 52.5 Å². The lowest BCUT2D eigenvalue weighted by Gasteiger charge is -2.32. The molecule has 0 bridgehead atoms. The van der Waals surface area contributed by atoms with Crippen LogP contribution in [0.3, 0.4) is 0 Å². The van der Waals surface area contributed by atoms with Gasteiger partial charge in [-0.25, -0.2) is 4.98 Å². The van der Waals surface area contributed by atoms with Crippen LogP contribution in [0.1, 0.15) is 51.5 Å². The molecular weight excluding hydrogens is 412 g/mol. The molecule has 31 heavy (non-hydrogen) atoms. The van der Waals surface area contributed by atoms with Crippen LogP contribution in [-0.4, -0.2) is 46.0 Å². The number of thiophene rings is 1. The van der Waals surface area contributed by atoms with Crippen LogP contribution in [0, 0.1) is 26.7 Å². The van der Waals surface area contributed by atoms with E-state index >= 15 is 0 Å². The summed E-state index contributed by atoms with van der Waals surface area (Å²) in [6, 6.07) is 4.13. The SMILES string of the molecule is Cc1cc(-c2cc(C(=O)N3CCC(NC(=O)C4CC4)CC3)c3c(C)noc3n2)c(C)s1. The van der Waals surface area contributed by atoms with Gasteiger partial charge in [-0.05, 0) is 58.6 Å². The highest BCUT2D eigenvalue weighted by atomic mass is 32.1. The van der Waals surface area contributed by atoms with Gasteiger partial charge >= 0.3 is 0 Å². The first-order valence-corrected chi connectivity index (χ1v) is 11.7. The molecule has 2 aliphatic rings. The van der Waals surface area contributed by atoms with Gasteiger partial charge in [0.1, 0.15) is 0 Å². The number of rotatable bonds is 4. The molecule has 2 amide bonds. The van der Waals surface area contributed by atoms with Crippen LogP contribution >= 0.6 is 11.3 Å². The Kier molecular flexibility index (Phi) is 5.04. The number of aryl methyl sites for hydroxylation is 3. The van der Waals surface area contributed by atoms with Gasteiger partial charge in [0.05, 0.1) is 22.3 Å². The smallest absolute Gasteiger partial charge is 0.259 e. The predicted octanol–water partition coefficient (Wildman–Crippen LogP) is 4.01. The lowest BCUT2D eigenvalue weighted by atomic mass is 10.0. The molecule has 0 radical (unpaired) electrons. The summed E-state index contributed by atoms with van der Waals surface area (Å²) in [4.78, 5) is 34.5. The minimum atomic E-state index is -0.0310. The Hall–Kier alpha value is -2.74. The van der Waals surface area contributed by atoms with Crippen molar-refractivity contribution in [3.8, 4) is 11.3 Å². The summed E-state index contributed by atoms with van der Waals surface area (Å²) >= 11 is 1.71. The highest BCUT2D eigenvalue weighted by Gasteiger charge is 2.33. The van der Waals surface area contributed by atoms with Gasteiger partial charge in [0.2, 0.25) is 5.91 Å². The van der Waals surface area contributed by atoms with E-state index in [1.165, 1.54) is 4.88 Å². The Morgan fingerprint density at radius 1 is 1.13 bits per heavy atom. The maximum Gasteiger partial charge on any atom is 0.259 e. The van der Waals surface area contributed by atoms with Gasteiger partial charge in [-0.1, -0.05) is 5.16 Å². The van der Waals surface area contributed by atoms with E-state index < -0.39 is 0 Å². The fraction of sp³-hybridized carbons (Fsp3) is 0.478. The Balaban J connectivity index is 1.41. The first-order valence-electron chi connectivity index (χ1n) is 10.8. The molecule has 5 rings (SSSR count). The second-order valence-electron chi connectivity index (χ2n) is 8.68. The van der Waals surface area contributed by atoms with Crippen LogP contribution in [-0.2, 0) is 4.79 Å². The van der Waals surface area contributed by atoms with Gasteiger partial charge < -0.3 is 14.7 Å². The molecule has 0 aromatic carbocycles. The normalized spacial score (nSPS) is 17.3. The summed E-state index contributed by atoms with van der Waals surface area (Å²) in [5, 5.41) is 7.89. The molecule has 162 valence electrons. The Bertz CT molecular complexity index is 1170. The third-order valence-electron chi connectivity index (χ3n) is 6.24. The number of aromatic nitrogens is 2. The maximum absolute atomic E-state index is 13.5. The molecule has 1 saturated carbocycles. The number of carbonyl (C=O) groups excluding carboxylic acids is 2. The van der Waals surface area contributed by atoms with Crippen molar-refractivity contribution in [1.82, 2.24) is 20.4 Å². The molecule has 1 aliphatic carbocycles. The molecule has 3 aromatic heterocycles. The second-order valence-corrected chi connectivity index (χ2v) is 10.1. The lowest BCUT2D eigenvalue weighted by Crippen LogP contribution is -2.47. The fourth-order valence-electron chi connectivity index (χ4n) is 4.35. The number of piperidine rings is 1. The van der Waals surface area contributed by atoms with Gasteiger partial charge in [-0.2, -0.15) is 0 Å². The molecule has 1 saturated heterocycles. The highest BCUT2D eigenvalue weighted by molar-refractivity contribution is 7.12. The second kappa shape index (κ2) is 7.75. The van der Waals surface area contributed by atoms with Crippen LogP contribution in [0.25, 0.3) is 22.4 Å². The molecule has 0 atom stereocenters. The fourth-order valence-corrected chi connectivity index (χ4v) is 5.28. The van der Waals surface area contributed by atoms with Crippen LogP contribution in [0.15, 0.2) is 16.7 Å². The van der Waals surface area contributed by atoms with E-state index in [0.717, 1.165) is 41.8 Å². The number of fused-ring (bicyclic) bond motifs is 1. The molecule has 1 N–H and O–H groups in total. The van der Waals surface area contributed by atoms with E-state index in [9.17, 15) is 9.59 Å². The Labute approximate surface area is 184 Å². The summed E-state index contributed by atoms with van der Waals surface area (Å²) in [6.45, 7) is 7.20. The summed E-state index contributed by atoms with van der Waals surface area (Å²) in [7, 11) is 0. The van der Waals surface area contributed by atoms with Crippen LogP contribution in [0.2, 0.25) is 0 Å². The van der Waals surface area contributed by atoms with Crippen molar-refractivity contribution in [3.63, 3.8) is 0 Å². The van der Waals surface area contributed by atoms with E-state index in [1.807, 2.05) is 17.9 Å².